The van der Waals surface area contributed by atoms with E-state index < -0.39 is 43.7 Å². The molecule has 1 aliphatic heterocycles. The number of benzene rings is 1. The fraction of sp³-hybridized carbons (Fsp3) is 0.700. The molecule has 3 rings (SSSR count). The van der Waals surface area contributed by atoms with Crippen LogP contribution in [0.5, 0.6) is 0 Å². The van der Waals surface area contributed by atoms with E-state index in [0.29, 0.717) is 25.3 Å². The number of esters is 1. The normalized spacial score (nSPS) is 19.4. The average molecular weight is 834 g/mol. The van der Waals surface area contributed by atoms with Gasteiger partial charge in [-0.05, 0) is 43.1 Å². The number of nitrogens with zero attached hydrogens (tertiary/aromatic N) is 1. The van der Waals surface area contributed by atoms with Crippen LogP contribution in [0.1, 0.15) is 84.1 Å². The predicted octanol–water partition coefficient (Wildman–Crippen LogP) is 0.480. The van der Waals surface area contributed by atoms with Crippen molar-refractivity contribution >= 4 is 65.7 Å². The first-order valence-corrected chi connectivity index (χ1v) is 16.6. The Bertz CT molecular complexity index is 1020. The largest absolute Gasteiger partial charge is 1.00 e. The first-order chi connectivity index (χ1) is 18.6. The van der Waals surface area contributed by atoms with Crippen LogP contribution in [0.4, 0.5) is 0 Å². The van der Waals surface area contributed by atoms with Crippen LogP contribution >= 0.6 is 47.9 Å². The smallest absolute Gasteiger partial charge is 0.548 e. The van der Waals surface area contributed by atoms with Crippen LogP contribution in [0.15, 0.2) is 30.3 Å². The molecule has 1 aromatic rings. The fourth-order valence-electron chi connectivity index (χ4n) is 5.79. The summed E-state index contributed by atoms with van der Waals surface area (Å²) < 4.78 is 25.6. The van der Waals surface area contributed by atoms with Crippen LogP contribution in [-0.4, -0.2) is 64.9 Å². The second-order valence-corrected chi connectivity index (χ2v) is 14.1. The maximum absolute atomic E-state index is 14.2. The number of rotatable bonds is 14. The van der Waals surface area contributed by atoms with Gasteiger partial charge in [-0.2, -0.15) is 40.5 Å². The molecule has 1 saturated heterocycles. The molecule has 4 N–H and O–H groups in total. The molecule has 1 amide bonds. The van der Waals surface area contributed by atoms with Gasteiger partial charge in [-0.1, -0.05) is 83.2 Å². The summed E-state index contributed by atoms with van der Waals surface area (Å²) >= 11 is 0. The van der Waals surface area contributed by atoms with Gasteiger partial charge in [0.15, 0.2) is 0 Å². The molecule has 258 valence electrons. The summed E-state index contributed by atoms with van der Waals surface area (Å²) in [6, 6.07) is 8.96. The maximum atomic E-state index is 14.2. The van der Waals surface area contributed by atoms with E-state index in [1.165, 1.54) is 16.9 Å². The molecule has 0 aromatic heterocycles. The van der Waals surface area contributed by atoms with Gasteiger partial charge in [0.1, 0.15) is 6.16 Å². The molecule has 2 fully saturated rings. The quantitative estimate of drug-likeness (QED) is 0.113. The van der Waals surface area contributed by atoms with E-state index in [1.54, 1.807) is 20.8 Å². The molecule has 1 saturated carbocycles. The van der Waals surface area contributed by atoms with Crippen LogP contribution < -0.4 is 74.0 Å². The first-order valence-electron chi connectivity index (χ1n) is 14.6. The van der Waals surface area contributed by atoms with Crippen molar-refractivity contribution in [3.63, 3.8) is 0 Å². The predicted molar refractivity (Wildman–Crippen MR) is 186 cm³/mol. The van der Waals surface area contributed by atoms with Gasteiger partial charge in [0, 0.05) is 25.0 Å². The zero-order chi connectivity index (χ0) is 28.4. The Morgan fingerprint density at radius 2 is 1.58 bits per heavy atom. The van der Waals surface area contributed by atoms with E-state index in [0.717, 1.165) is 38.5 Å². The number of carbonyl (C=O) groups is 3. The van der Waals surface area contributed by atoms with Gasteiger partial charge in [-0.15, -0.1) is 0 Å². The number of ether oxygens (including phenoxy) is 1. The standard InChI is InChI=1S/C30H46NO7P.Cs.2H2O.3H2S/c1-4-28(33)37-30(22(2)3)38-39(36,18-12-11-15-23-13-7-5-8-14-23)21-27(32)31-20-25(19-26(31)29(34)35)24-16-9-6-10-17-24;;;;;;/h5,7-8,13-14,22,24-26,30H,4,6,9-12,15-21H2,1-3H3,(H,34,35);;5*1H2/q;+1;;;;;/p-1/t25-,26+,30+,39-;;;;;;/m1....../s1. The summed E-state index contributed by atoms with van der Waals surface area (Å²) in [6.45, 7) is 5.62. The Kier molecular flexibility index (Phi) is 31.2. The zero-order valence-corrected chi connectivity index (χ0v) is 37.4. The molecule has 0 spiro atoms. The second-order valence-electron chi connectivity index (χ2n) is 11.5. The molecule has 1 aromatic carbocycles. The van der Waals surface area contributed by atoms with Gasteiger partial charge in [0.25, 0.3) is 0 Å². The van der Waals surface area contributed by atoms with E-state index in [-0.39, 0.29) is 145 Å². The Hall–Kier alpha value is 0.842. The van der Waals surface area contributed by atoms with Crippen LogP contribution in [0.3, 0.4) is 0 Å². The summed E-state index contributed by atoms with van der Waals surface area (Å²) in [5, 5.41) is 12.0. The molecule has 0 unspecified atom stereocenters. The third-order valence-electron chi connectivity index (χ3n) is 8.05. The summed E-state index contributed by atoms with van der Waals surface area (Å²) in [4.78, 5) is 39.0. The van der Waals surface area contributed by atoms with Crippen molar-refractivity contribution in [2.75, 3.05) is 18.9 Å². The van der Waals surface area contributed by atoms with E-state index in [2.05, 4.69) is 0 Å². The second kappa shape index (κ2) is 26.7. The number of amides is 1. The minimum Gasteiger partial charge on any atom is -0.548 e. The molecular formula is C30H55CsNO9PS3. The third kappa shape index (κ3) is 17.4. The summed E-state index contributed by atoms with van der Waals surface area (Å²) in [6.07, 6.45) is 6.88. The van der Waals surface area contributed by atoms with Crippen LogP contribution in [0.2, 0.25) is 0 Å². The van der Waals surface area contributed by atoms with Crippen molar-refractivity contribution in [2.24, 2.45) is 17.8 Å². The first kappa shape index (κ1) is 52.7. The molecular weight excluding hydrogens is 778 g/mol. The van der Waals surface area contributed by atoms with E-state index in [9.17, 15) is 24.1 Å². The van der Waals surface area contributed by atoms with Crippen molar-refractivity contribution in [2.45, 2.75) is 97.3 Å². The number of hydrogen-bond donors (Lipinski definition) is 0. The fourth-order valence-corrected chi connectivity index (χ4v) is 8.09. The zero-order valence-electron chi connectivity index (χ0n) is 27.2. The third-order valence-corrected chi connectivity index (χ3v) is 10.4. The molecule has 4 atom stereocenters. The molecule has 0 radical (unpaired) electrons. The minimum atomic E-state index is -3.62. The van der Waals surface area contributed by atoms with Gasteiger partial charge >= 0.3 is 74.9 Å². The monoisotopic (exact) mass is 833 g/mol. The minimum absolute atomic E-state index is 0. The Balaban J connectivity index is -0.00000140. The van der Waals surface area contributed by atoms with Crippen LogP contribution in [-0.2, 0) is 34.6 Å². The summed E-state index contributed by atoms with van der Waals surface area (Å²) in [7, 11) is -3.62. The molecule has 1 heterocycles. The van der Waals surface area contributed by atoms with Gasteiger partial charge in [-0.25, -0.2) is 0 Å². The number of aliphatic carboxylic acids is 1. The molecule has 45 heavy (non-hydrogen) atoms. The van der Waals surface area contributed by atoms with Gasteiger partial charge in [0.05, 0.1) is 12.0 Å². The number of carboxylic acids is 1. The van der Waals surface area contributed by atoms with Gasteiger partial charge in [0.2, 0.25) is 19.6 Å². The molecule has 0 bridgehead atoms. The Morgan fingerprint density at radius 1 is 0.978 bits per heavy atom. The Morgan fingerprint density at radius 3 is 2.11 bits per heavy atom. The number of hydrogen-bond acceptors (Lipinski definition) is 7. The molecule has 2 aliphatic rings. The number of carbonyl (C=O) groups excluding carboxylic acids is 3. The van der Waals surface area contributed by atoms with Crippen molar-refractivity contribution in [1.82, 2.24) is 4.90 Å². The van der Waals surface area contributed by atoms with Gasteiger partial charge < -0.3 is 30.5 Å². The van der Waals surface area contributed by atoms with E-state index >= 15 is 0 Å². The molecule has 15 heteroatoms. The van der Waals surface area contributed by atoms with E-state index in [1.807, 2.05) is 30.3 Å². The summed E-state index contributed by atoms with van der Waals surface area (Å²) in [5.74, 6) is -1.99. The topological polar surface area (TPSA) is 176 Å². The number of aryl methyl sites for hydroxylation is 1. The molecule has 1 aliphatic carbocycles. The number of carboxylic acid groups (broad SMARTS) is 1. The van der Waals surface area contributed by atoms with Crippen molar-refractivity contribution in [3.8, 4) is 0 Å². The van der Waals surface area contributed by atoms with Crippen molar-refractivity contribution in [3.05, 3.63) is 35.9 Å². The van der Waals surface area contributed by atoms with Crippen LogP contribution in [0, 0.1) is 17.8 Å². The van der Waals surface area contributed by atoms with E-state index in [4.69, 9.17) is 9.26 Å². The molecule has 10 nitrogen and oxygen atoms in total. The Labute approximate surface area is 349 Å². The van der Waals surface area contributed by atoms with Crippen LogP contribution in [0.25, 0.3) is 0 Å². The number of likely N-dealkylation sites (tertiary alicyclic amines) is 1. The van der Waals surface area contributed by atoms with Crippen molar-refractivity contribution in [1.29, 1.82) is 0 Å². The SMILES string of the molecule is CCC(=O)O[C@@H](O[P@](=O)(CCCCc1ccccc1)CC(=O)N1C[C@H](C2CCCCC2)C[C@H]1C(=O)[O-])C(C)C.O.O.S.S.S.[Cs+]. The maximum Gasteiger partial charge on any atom is 1.00 e. The average Bonchev–Trinajstić information content (AvgIpc) is 3.38. The van der Waals surface area contributed by atoms with Gasteiger partial charge in [-0.3, -0.25) is 18.7 Å². The number of unbranched alkanes of at least 4 members (excludes halogenated alkanes) is 1. The summed E-state index contributed by atoms with van der Waals surface area (Å²) in [5.41, 5.74) is 1.17. The van der Waals surface area contributed by atoms with Crippen molar-refractivity contribution < 1.29 is 113 Å².